The quantitative estimate of drug-likeness (QED) is 0.679. The summed E-state index contributed by atoms with van der Waals surface area (Å²) < 4.78 is 1.22. The van der Waals surface area contributed by atoms with E-state index in [0.717, 1.165) is 0 Å². The molecule has 8 nitrogen and oxygen atoms in total. The summed E-state index contributed by atoms with van der Waals surface area (Å²) in [4.78, 5) is 35.3. The fraction of sp³-hybridized carbons (Fsp3) is 0.438. The van der Waals surface area contributed by atoms with Crippen molar-refractivity contribution in [1.29, 1.82) is 0 Å². The van der Waals surface area contributed by atoms with E-state index in [9.17, 15) is 14.4 Å². The van der Waals surface area contributed by atoms with Crippen LogP contribution in [-0.2, 0) is 16.1 Å². The fourth-order valence-corrected chi connectivity index (χ4v) is 2.79. The summed E-state index contributed by atoms with van der Waals surface area (Å²) in [7, 11) is 0. The molecule has 0 spiro atoms. The minimum Gasteiger partial charge on any atom is -0.480 e. The van der Waals surface area contributed by atoms with Crippen molar-refractivity contribution in [2.75, 3.05) is 12.0 Å². The first kappa shape index (κ1) is 18.9. The Balaban J connectivity index is 1.89. The molecule has 2 rings (SSSR count). The number of hydrogen-bond donors (Lipinski definition) is 2. The Kier molecular flexibility index (Phi) is 6.93. The molecule has 1 aromatic carbocycles. The highest BCUT2D eigenvalue weighted by molar-refractivity contribution is 7.98. The molecule has 1 aromatic heterocycles. The van der Waals surface area contributed by atoms with Crippen LogP contribution in [-0.4, -0.2) is 50.0 Å². The van der Waals surface area contributed by atoms with Gasteiger partial charge in [0.1, 0.15) is 11.6 Å². The molecule has 1 amide bonds. The number of rotatable bonds is 9. The van der Waals surface area contributed by atoms with Crippen LogP contribution in [0.3, 0.4) is 0 Å². The second-order valence-corrected chi connectivity index (χ2v) is 6.46. The lowest BCUT2D eigenvalue weighted by Gasteiger charge is -2.13. The maximum atomic E-state index is 12.3. The van der Waals surface area contributed by atoms with Crippen LogP contribution < -0.4 is 10.9 Å². The van der Waals surface area contributed by atoms with E-state index in [0.29, 0.717) is 29.5 Å². The number of nitrogens with zero attached hydrogens (tertiary/aromatic N) is 3. The van der Waals surface area contributed by atoms with Crippen molar-refractivity contribution in [2.24, 2.45) is 0 Å². The van der Waals surface area contributed by atoms with Crippen molar-refractivity contribution in [1.82, 2.24) is 20.3 Å². The van der Waals surface area contributed by atoms with E-state index in [1.54, 1.807) is 24.3 Å². The first-order chi connectivity index (χ1) is 12.0. The highest BCUT2D eigenvalue weighted by Gasteiger charge is 2.19. The molecule has 1 atom stereocenters. The largest absolute Gasteiger partial charge is 0.480 e. The lowest BCUT2D eigenvalue weighted by molar-refractivity contribution is -0.141. The fourth-order valence-electron chi connectivity index (χ4n) is 2.32. The summed E-state index contributed by atoms with van der Waals surface area (Å²) in [6.07, 6.45) is 2.73. The smallest absolute Gasteiger partial charge is 0.326 e. The van der Waals surface area contributed by atoms with Gasteiger partial charge in [0.05, 0.1) is 5.39 Å². The second kappa shape index (κ2) is 9.16. The van der Waals surface area contributed by atoms with Gasteiger partial charge in [-0.2, -0.15) is 11.8 Å². The summed E-state index contributed by atoms with van der Waals surface area (Å²) in [6.45, 7) is 0.243. The number of carboxylic acid groups (broad SMARTS) is 1. The van der Waals surface area contributed by atoms with Crippen molar-refractivity contribution in [2.45, 2.75) is 31.8 Å². The molecule has 25 heavy (non-hydrogen) atoms. The Labute approximate surface area is 148 Å². The molecule has 0 saturated heterocycles. The predicted molar refractivity (Wildman–Crippen MR) is 95.6 cm³/mol. The number of aryl methyl sites for hydroxylation is 1. The molecule has 0 fully saturated rings. The van der Waals surface area contributed by atoms with E-state index in [2.05, 4.69) is 15.6 Å². The summed E-state index contributed by atoms with van der Waals surface area (Å²) in [5.74, 6) is -0.742. The van der Waals surface area contributed by atoms with Gasteiger partial charge in [0.2, 0.25) is 5.91 Å². The van der Waals surface area contributed by atoms with Gasteiger partial charge in [-0.3, -0.25) is 9.59 Å². The van der Waals surface area contributed by atoms with Gasteiger partial charge < -0.3 is 10.4 Å². The molecule has 2 aromatic rings. The Bertz CT molecular complexity index is 808. The van der Waals surface area contributed by atoms with Gasteiger partial charge >= 0.3 is 5.97 Å². The number of amides is 1. The number of carbonyl (C=O) groups excluding carboxylic acids is 1. The summed E-state index contributed by atoms with van der Waals surface area (Å²) >= 11 is 1.52. The molecular formula is C16H20N4O4S. The van der Waals surface area contributed by atoms with Crippen molar-refractivity contribution in [3.05, 3.63) is 34.6 Å². The molecule has 0 aliphatic carbocycles. The third-order valence-corrected chi connectivity index (χ3v) is 4.29. The summed E-state index contributed by atoms with van der Waals surface area (Å²) in [6, 6.07) is 6.04. The number of carbonyl (C=O) groups is 2. The number of aliphatic carboxylic acids is 1. The Morgan fingerprint density at radius 1 is 1.36 bits per heavy atom. The highest BCUT2D eigenvalue weighted by atomic mass is 32.2. The van der Waals surface area contributed by atoms with Gasteiger partial charge in [-0.25, -0.2) is 9.48 Å². The average molecular weight is 364 g/mol. The Morgan fingerprint density at radius 3 is 2.84 bits per heavy atom. The van der Waals surface area contributed by atoms with Crippen molar-refractivity contribution < 1.29 is 14.7 Å². The van der Waals surface area contributed by atoms with Crippen LogP contribution in [0.25, 0.3) is 10.9 Å². The Morgan fingerprint density at radius 2 is 2.12 bits per heavy atom. The SMILES string of the molecule is CSCC[C@@H](NC(=O)CCCn1nnc2ccccc2c1=O)C(=O)O. The van der Waals surface area contributed by atoms with E-state index in [4.69, 9.17) is 5.11 Å². The average Bonchev–Trinajstić information content (AvgIpc) is 2.60. The maximum absolute atomic E-state index is 12.3. The van der Waals surface area contributed by atoms with Crippen LogP contribution >= 0.6 is 11.8 Å². The highest BCUT2D eigenvalue weighted by Crippen LogP contribution is 2.04. The molecule has 2 N–H and O–H groups in total. The zero-order valence-electron chi connectivity index (χ0n) is 13.8. The number of fused-ring (bicyclic) bond motifs is 1. The zero-order valence-corrected chi connectivity index (χ0v) is 14.7. The predicted octanol–water partition coefficient (Wildman–Crippen LogP) is 0.894. The molecule has 134 valence electrons. The third kappa shape index (κ3) is 5.28. The van der Waals surface area contributed by atoms with E-state index in [1.807, 2.05) is 6.26 Å². The number of nitrogens with one attached hydrogen (secondary N) is 1. The molecular weight excluding hydrogens is 344 g/mol. The van der Waals surface area contributed by atoms with Crippen LogP contribution in [0.4, 0.5) is 0 Å². The van der Waals surface area contributed by atoms with E-state index < -0.39 is 12.0 Å². The monoisotopic (exact) mass is 364 g/mol. The van der Waals surface area contributed by atoms with Crippen LogP contribution in [0, 0.1) is 0 Å². The molecule has 0 saturated carbocycles. The Hall–Kier alpha value is -2.42. The number of carboxylic acids is 1. The lowest BCUT2D eigenvalue weighted by Crippen LogP contribution is -2.41. The van der Waals surface area contributed by atoms with Gasteiger partial charge in [-0.05, 0) is 37.0 Å². The minimum absolute atomic E-state index is 0.115. The van der Waals surface area contributed by atoms with Crippen LogP contribution in [0.15, 0.2) is 29.1 Å². The third-order valence-electron chi connectivity index (χ3n) is 3.65. The number of aromatic nitrogens is 3. The van der Waals surface area contributed by atoms with E-state index >= 15 is 0 Å². The van der Waals surface area contributed by atoms with Gasteiger partial charge in [0.15, 0.2) is 0 Å². The van der Waals surface area contributed by atoms with Gasteiger partial charge in [-0.15, -0.1) is 5.10 Å². The normalized spacial score (nSPS) is 12.0. The summed E-state index contributed by atoms with van der Waals surface area (Å²) in [5, 5.41) is 19.9. The number of hydrogen-bond acceptors (Lipinski definition) is 6. The maximum Gasteiger partial charge on any atom is 0.326 e. The molecule has 1 heterocycles. The zero-order chi connectivity index (χ0) is 18.2. The van der Waals surface area contributed by atoms with E-state index in [1.165, 1.54) is 16.4 Å². The van der Waals surface area contributed by atoms with E-state index in [-0.39, 0.29) is 24.4 Å². The number of benzene rings is 1. The molecule has 9 heteroatoms. The van der Waals surface area contributed by atoms with Crippen LogP contribution in [0.2, 0.25) is 0 Å². The van der Waals surface area contributed by atoms with Gasteiger partial charge in [0.25, 0.3) is 5.56 Å². The molecule has 0 aliphatic rings. The minimum atomic E-state index is -1.04. The topological polar surface area (TPSA) is 114 Å². The van der Waals surface area contributed by atoms with Gasteiger partial charge in [-0.1, -0.05) is 17.3 Å². The van der Waals surface area contributed by atoms with Crippen molar-refractivity contribution in [3.8, 4) is 0 Å². The summed E-state index contributed by atoms with van der Waals surface area (Å²) in [5.41, 5.74) is 0.272. The first-order valence-corrected chi connectivity index (χ1v) is 9.26. The lowest BCUT2D eigenvalue weighted by atomic mass is 10.2. The molecule has 0 radical (unpaired) electrons. The van der Waals surface area contributed by atoms with Crippen molar-refractivity contribution in [3.63, 3.8) is 0 Å². The molecule has 0 bridgehead atoms. The van der Waals surface area contributed by atoms with Crippen molar-refractivity contribution >= 4 is 34.5 Å². The second-order valence-electron chi connectivity index (χ2n) is 5.48. The molecule has 0 unspecified atom stereocenters. The first-order valence-electron chi connectivity index (χ1n) is 7.86. The molecule has 0 aliphatic heterocycles. The van der Waals surface area contributed by atoms with Crippen LogP contribution in [0.1, 0.15) is 19.3 Å². The standard InChI is InChI=1S/C16H20N4O4S/c1-25-10-8-13(16(23)24)17-14(21)7-4-9-20-15(22)11-5-2-3-6-12(11)18-19-20/h2-3,5-6,13H,4,7-10H2,1H3,(H,17,21)(H,23,24)/t13-/m1/s1. The van der Waals surface area contributed by atoms with Gasteiger partial charge in [0, 0.05) is 13.0 Å². The van der Waals surface area contributed by atoms with Crippen LogP contribution in [0.5, 0.6) is 0 Å². The number of thioether (sulfide) groups is 1.